The van der Waals surface area contributed by atoms with E-state index >= 15 is 0 Å². The number of hydrogen-bond acceptors (Lipinski definition) is 4. The van der Waals surface area contributed by atoms with Gasteiger partial charge >= 0.3 is 6.03 Å². The van der Waals surface area contributed by atoms with Crippen molar-refractivity contribution in [2.24, 2.45) is 0 Å². The lowest BCUT2D eigenvalue weighted by molar-refractivity contribution is 0.236. The average Bonchev–Trinajstić information content (AvgIpc) is 3.10. The molecule has 2 N–H and O–H groups in total. The molecule has 0 spiro atoms. The van der Waals surface area contributed by atoms with Crippen LogP contribution in [0.2, 0.25) is 0 Å². The van der Waals surface area contributed by atoms with Crippen LogP contribution in [-0.2, 0) is 6.54 Å². The Kier molecular flexibility index (Phi) is 5.31. The summed E-state index contributed by atoms with van der Waals surface area (Å²) in [5.41, 5.74) is 1.69. The van der Waals surface area contributed by atoms with Crippen LogP contribution in [0.5, 0.6) is 11.5 Å². The first-order valence-corrected chi connectivity index (χ1v) is 8.34. The van der Waals surface area contributed by atoms with E-state index in [2.05, 4.69) is 10.6 Å². The molecule has 0 aliphatic rings. The maximum absolute atomic E-state index is 12.2. The van der Waals surface area contributed by atoms with E-state index in [9.17, 15) is 4.79 Å². The molecule has 1 heterocycles. The second kappa shape index (κ2) is 7.82. The van der Waals surface area contributed by atoms with Crippen molar-refractivity contribution in [2.45, 2.75) is 19.5 Å². The molecule has 136 valence electrons. The summed E-state index contributed by atoms with van der Waals surface area (Å²) in [6.07, 6.45) is 0. The normalized spacial score (nSPS) is 11.8. The third-order valence-electron chi connectivity index (χ3n) is 4.08. The molecule has 2 aromatic carbocycles. The molecule has 0 aliphatic carbocycles. The summed E-state index contributed by atoms with van der Waals surface area (Å²) in [7, 11) is 3.18. The number of carbonyl (C=O) groups is 1. The van der Waals surface area contributed by atoms with Crippen molar-refractivity contribution in [1.29, 1.82) is 0 Å². The van der Waals surface area contributed by atoms with E-state index in [1.807, 2.05) is 49.4 Å². The highest BCUT2D eigenvalue weighted by atomic mass is 16.5. The molecule has 0 saturated carbocycles. The molecule has 1 atom stereocenters. The molecule has 3 rings (SSSR count). The molecule has 6 nitrogen and oxygen atoms in total. The number of ether oxygens (including phenoxy) is 2. The number of rotatable bonds is 6. The van der Waals surface area contributed by atoms with Crippen LogP contribution in [0.1, 0.15) is 24.3 Å². The molecule has 0 radical (unpaired) electrons. The molecule has 0 saturated heterocycles. The van der Waals surface area contributed by atoms with Crippen LogP contribution in [0.15, 0.2) is 52.9 Å². The number of nitrogens with one attached hydrogen (secondary N) is 2. The van der Waals surface area contributed by atoms with Crippen LogP contribution >= 0.6 is 0 Å². The Morgan fingerprint density at radius 1 is 1.08 bits per heavy atom. The standard InChI is InChI=1S/C20H22N2O4/c1-13(19-10-15-6-4-5-7-18(15)26-19)22-20(23)21-12-14-8-16(24-2)11-17(9-14)25-3/h4-11,13H,12H2,1-3H3,(H2,21,22,23). The lowest BCUT2D eigenvalue weighted by Gasteiger charge is -2.13. The summed E-state index contributed by atoms with van der Waals surface area (Å²) in [5.74, 6) is 2.07. The molecule has 2 amide bonds. The quantitative estimate of drug-likeness (QED) is 0.701. The fraction of sp³-hybridized carbons (Fsp3) is 0.250. The zero-order valence-electron chi connectivity index (χ0n) is 15.0. The van der Waals surface area contributed by atoms with Gasteiger partial charge in [0.05, 0.1) is 20.3 Å². The highest BCUT2D eigenvalue weighted by Crippen LogP contribution is 2.24. The van der Waals surface area contributed by atoms with E-state index in [4.69, 9.17) is 13.9 Å². The molecule has 0 aliphatic heterocycles. The molecule has 0 bridgehead atoms. The number of furan rings is 1. The molecule has 3 aromatic rings. The smallest absolute Gasteiger partial charge is 0.315 e. The van der Waals surface area contributed by atoms with E-state index in [0.29, 0.717) is 23.8 Å². The molecule has 1 unspecified atom stereocenters. The minimum absolute atomic E-state index is 0.248. The fourth-order valence-electron chi connectivity index (χ4n) is 2.69. The van der Waals surface area contributed by atoms with E-state index in [0.717, 1.165) is 16.5 Å². The first kappa shape index (κ1) is 17.7. The minimum Gasteiger partial charge on any atom is -0.497 e. The molecule has 6 heteroatoms. The molecule has 26 heavy (non-hydrogen) atoms. The summed E-state index contributed by atoms with van der Waals surface area (Å²) in [6, 6.07) is 14.7. The Balaban J connectivity index is 1.60. The van der Waals surface area contributed by atoms with Crippen LogP contribution in [-0.4, -0.2) is 20.3 Å². The van der Waals surface area contributed by atoms with Crippen LogP contribution < -0.4 is 20.1 Å². The van der Waals surface area contributed by atoms with Crippen molar-refractivity contribution < 1.29 is 18.7 Å². The van der Waals surface area contributed by atoms with Crippen molar-refractivity contribution >= 4 is 17.0 Å². The second-order valence-corrected chi connectivity index (χ2v) is 5.96. The van der Waals surface area contributed by atoms with E-state index in [-0.39, 0.29) is 12.1 Å². The van der Waals surface area contributed by atoms with Gasteiger partial charge in [0.15, 0.2) is 0 Å². The van der Waals surface area contributed by atoms with Gasteiger partial charge < -0.3 is 24.5 Å². The number of fused-ring (bicyclic) bond motifs is 1. The van der Waals surface area contributed by atoms with Gasteiger partial charge in [-0.3, -0.25) is 0 Å². The van der Waals surface area contributed by atoms with Crippen LogP contribution in [0.3, 0.4) is 0 Å². The predicted octanol–water partition coefficient (Wildman–Crippen LogP) is 4.01. The van der Waals surface area contributed by atoms with Crippen LogP contribution in [0.4, 0.5) is 4.79 Å². The number of amides is 2. The highest BCUT2D eigenvalue weighted by Gasteiger charge is 2.14. The van der Waals surface area contributed by atoms with Gasteiger partial charge in [-0.1, -0.05) is 18.2 Å². The largest absolute Gasteiger partial charge is 0.497 e. The lowest BCUT2D eigenvalue weighted by atomic mass is 10.2. The van der Waals surface area contributed by atoms with Gasteiger partial charge in [0, 0.05) is 18.0 Å². The van der Waals surface area contributed by atoms with Crippen molar-refractivity contribution in [3.63, 3.8) is 0 Å². The van der Waals surface area contributed by atoms with Crippen LogP contribution in [0, 0.1) is 0 Å². The van der Waals surface area contributed by atoms with Crippen molar-refractivity contribution in [3.05, 3.63) is 59.9 Å². The molecular weight excluding hydrogens is 332 g/mol. The number of methoxy groups -OCH3 is 2. The molecular formula is C20H22N2O4. The summed E-state index contributed by atoms with van der Waals surface area (Å²) in [4.78, 5) is 12.2. The zero-order valence-corrected chi connectivity index (χ0v) is 15.0. The van der Waals surface area contributed by atoms with Gasteiger partial charge in [-0.15, -0.1) is 0 Å². The SMILES string of the molecule is COc1cc(CNC(=O)NC(C)c2cc3ccccc3o2)cc(OC)c1. The summed E-state index contributed by atoms with van der Waals surface area (Å²) in [5, 5.41) is 6.73. The van der Waals surface area contributed by atoms with E-state index < -0.39 is 0 Å². The minimum atomic E-state index is -0.278. The Labute approximate surface area is 152 Å². The van der Waals surface area contributed by atoms with Crippen molar-refractivity contribution in [1.82, 2.24) is 10.6 Å². The van der Waals surface area contributed by atoms with Gasteiger partial charge in [0.2, 0.25) is 0 Å². The highest BCUT2D eigenvalue weighted by molar-refractivity contribution is 5.78. The molecule has 1 aromatic heterocycles. The van der Waals surface area contributed by atoms with Gasteiger partial charge in [-0.2, -0.15) is 0 Å². The van der Waals surface area contributed by atoms with E-state index in [1.54, 1.807) is 20.3 Å². The maximum Gasteiger partial charge on any atom is 0.315 e. The fourth-order valence-corrected chi connectivity index (χ4v) is 2.69. The molecule has 0 fully saturated rings. The summed E-state index contributed by atoms with van der Waals surface area (Å²) in [6.45, 7) is 2.23. The first-order valence-electron chi connectivity index (χ1n) is 8.34. The first-order chi connectivity index (χ1) is 12.6. The number of para-hydroxylation sites is 1. The van der Waals surface area contributed by atoms with Crippen molar-refractivity contribution in [2.75, 3.05) is 14.2 Å². The Morgan fingerprint density at radius 2 is 1.77 bits per heavy atom. The van der Waals surface area contributed by atoms with Crippen molar-refractivity contribution in [3.8, 4) is 11.5 Å². The number of hydrogen-bond donors (Lipinski definition) is 2. The van der Waals surface area contributed by atoms with Crippen LogP contribution in [0.25, 0.3) is 11.0 Å². The lowest BCUT2D eigenvalue weighted by Crippen LogP contribution is -2.36. The Bertz CT molecular complexity index is 848. The summed E-state index contributed by atoms with van der Waals surface area (Å²) >= 11 is 0. The third-order valence-corrected chi connectivity index (χ3v) is 4.08. The Morgan fingerprint density at radius 3 is 2.42 bits per heavy atom. The Hall–Kier alpha value is -3.15. The number of urea groups is 1. The summed E-state index contributed by atoms with van der Waals surface area (Å²) < 4.78 is 16.2. The topological polar surface area (TPSA) is 72.7 Å². The second-order valence-electron chi connectivity index (χ2n) is 5.96. The maximum atomic E-state index is 12.2. The third kappa shape index (κ3) is 4.08. The average molecular weight is 354 g/mol. The van der Waals surface area contributed by atoms with Gasteiger partial charge in [-0.05, 0) is 36.8 Å². The van der Waals surface area contributed by atoms with Gasteiger partial charge in [0.1, 0.15) is 22.8 Å². The monoisotopic (exact) mass is 354 g/mol. The van der Waals surface area contributed by atoms with E-state index in [1.165, 1.54) is 0 Å². The predicted molar refractivity (Wildman–Crippen MR) is 99.5 cm³/mol. The van der Waals surface area contributed by atoms with Gasteiger partial charge in [-0.25, -0.2) is 4.79 Å². The number of benzene rings is 2. The van der Waals surface area contributed by atoms with Gasteiger partial charge in [0.25, 0.3) is 0 Å². The zero-order chi connectivity index (χ0) is 18.5. The number of carbonyl (C=O) groups excluding carboxylic acids is 1.